The van der Waals surface area contributed by atoms with Crippen molar-refractivity contribution in [1.82, 2.24) is 14.5 Å². The summed E-state index contributed by atoms with van der Waals surface area (Å²) in [5.74, 6) is 0. The van der Waals surface area contributed by atoms with Crippen LogP contribution in [0.1, 0.15) is 22.3 Å². The lowest BCUT2D eigenvalue weighted by Crippen LogP contribution is -2.25. The van der Waals surface area contributed by atoms with E-state index in [1.807, 2.05) is 6.20 Å². The highest BCUT2D eigenvalue weighted by Crippen LogP contribution is 2.63. The predicted molar refractivity (Wildman–Crippen MR) is 281 cm³/mol. The summed E-state index contributed by atoms with van der Waals surface area (Å²) in [6.45, 7) is 0. The van der Waals surface area contributed by atoms with E-state index in [1.165, 1.54) is 88.2 Å². The normalized spacial score (nSPS) is 13.1. The van der Waals surface area contributed by atoms with Gasteiger partial charge >= 0.3 is 0 Å². The molecule has 3 heteroatoms. The zero-order valence-electron chi connectivity index (χ0n) is 36.9. The molecule has 11 aromatic carbocycles. The van der Waals surface area contributed by atoms with Crippen molar-refractivity contribution in [2.24, 2.45) is 0 Å². The van der Waals surface area contributed by atoms with Gasteiger partial charge in [0, 0.05) is 32.8 Å². The van der Waals surface area contributed by atoms with Crippen LogP contribution in [0.2, 0.25) is 0 Å². The molecular formula is C65H39N3. The molecule has 0 saturated carbocycles. The van der Waals surface area contributed by atoms with E-state index >= 15 is 0 Å². The minimum Gasteiger partial charge on any atom is -0.309 e. The second-order valence-electron chi connectivity index (χ2n) is 18.4. The van der Waals surface area contributed by atoms with Crippen LogP contribution in [-0.2, 0) is 5.41 Å². The summed E-state index contributed by atoms with van der Waals surface area (Å²) in [6.07, 6.45) is 1.94. The Hall–Kier alpha value is -8.92. The van der Waals surface area contributed by atoms with Crippen molar-refractivity contribution in [1.29, 1.82) is 0 Å². The number of hydrogen-bond acceptors (Lipinski definition) is 2. The fourth-order valence-corrected chi connectivity index (χ4v) is 12.1. The summed E-state index contributed by atoms with van der Waals surface area (Å²) >= 11 is 0. The number of hydrogen-bond donors (Lipinski definition) is 0. The lowest BCUT2D eigenvalue weighted by Gasteiger charge is -2.30. The average molecular weight is 862 g/mol. The van der Waals surface area contributed by atoms with Crippen LogP contribution in [0.25, 0.3) is 116 Å². The number of nitrogens with zero attached hydrogens (tertiary/aromatic N) is 3. The minimum atomic E-state index is -0.396. The van der Waals surface area contributed by atoms with E-state index in [0.717, 1.165) is 49.9 Å². The molecule has 0 atom stereocenters. The fourth-order valence-electron chi connectivity index (χ4n) is 12.1. The molecule has 0 amide bonds. The topological polar surface area (TPSA) is 30.7 Å². The van der Waals surface area contributed by atoms with Crippen molar-refractivity contribution >= 4 is 54.4 Å². The molecule has 0 saturated heterocycles. The van der Waals surface area contributed by atoms with E-state index in [2.05, 4.69) is 235 Å². The second-order valence-corrected chi connectivity index (χ2v) is 18.4. The van der Waals surface area contributed by atoms with E-state index in [0.29, 0.717) is 0 Å². The molecule has 2 heterocycles. The molecule has 3 nitrogen and oxygen atoms in total. The van der Waals surface area contributed by atoms with E-state index in [1.54, 1.807) is 0 Å². The lowest BCUT2D eigenvalue weighted by atomic mass is 9.70. The van der Waals surface area contributed by atoms with Gasteiger partial charge in [-0.25, -0.2) is 4.98 Å². The van der Waals surface area contributed by atoms with Crippen LogP contribution in [0.4, 0.5) is 0 Å². The van der Waals surface area contributed by atoms with Crippen molar-refractivity contribution < 1.29 is 0 Å². The van der Waals surface area contributed by atoms with Crippen LogP contribution in [-0.4, -0.2) is 14.5 Å². The van der Waals surface area contributed by atoms with Gasteiger partial charge in [0.25, 0.3) is 0 Å². The van der Waals surface area contributed by atoms with Crippen molar-refractivity contribution in [3.8, 4) is 61.5 Å². The summed E-state index contributed by atoms with van der Waals surface area (Å²) < 4.78 is 2.41. The third-order valence-corrected chi connectivity index (χ3v) is 15.0. The first-order chi connectivity index (χ1) is 33.7. The maximum absolute atomic E-state index is 5.34. The summed E-state index contributed by atoms with van der Waals surface area (Å²) in [7, 11) is 0. The van der Waals surface area contributed by atoms with Crippen LogP contribution in [0, 0.1) is 0 Å². The first kappa shape index (κ1) is 37.3. The Bertz CT molecular complexity index is 4170. The number of fused-ring (bicyclic) bond motifs is 19. The largest absolute Gasteiger partial charge is 0.309 e. The lowest BCUT2D eigenvalue weighted by molar-refractivity contribution is 0.794. The SMILES string of the molecule is c1ccc(-n2c3ccc(-c4cccc(-c5cnc6c7ccccc7c7ccccc7c6n5)c4)cc3c3cc(-c4ccc5c(c4)C4(c6ccccc6-c6ccccc64)c4ccccc4-5)ccc32)cc1. The third-order valence-electron chi connectivity index (χ3n) is 15.0. The molecule has 0 fully saturated rings. The van der Waals surface area contributed by atoms with E-state index in [9.17, 15) is 0 Å². The zero-order chi connectivity index (χ0) is 44.5. The maximum atomic E-state index is 5.34. The summed E-state index contributed by atoms with van der Waals surface area (Å²) in [5, 5.41) is 7.05. The van der Waals surface area contributed by atoms with Crippen LogP contribution < -0.4 is 0 Å². The van der Waals surface area contributed by atoms with E-state index in [-0.39, 0.29) is 0 Å². The number of rotatable bonds is 4. The Labute approximate surface area is 392 Å². The van der Waals surface area contributed by atoms with Crippen molar-refractivity contribution in [3.05, 3.63) is 259 Å². The molecule has 0 unspecified atom stereocenters. The highest BCUT2D eigenvalue weighted by atomic mass is 15.0. The first-order valence-corrected chi connectivity index (χ1v) is 23.5. The van der Waals surface area contributed by atoms with Gasteiger partial charge in [0.1, 0.15) is 0 Å². The number of para-hydroxylation sites is 1. The summed E-state index contributed by atoms with van der Waals surface area (Å²) in [6, 6.07) is 84.9. The van der Waals surface area contributed by atoms with Crippen LogP contribution in [0.5, 0.6) is 0 Å². The predicted octanol–water partition coefficient (Wildman–Crippen LogP) is 16.4. The standard InChI is InChI=1S/C65H39N3/c1-2-17-45(18-3-1)68-61-33-30-41(40-15-14-16-44(35-40)60-39-66-63-52-24-6-4-19-46(52)47-20-5-7-25-53(47)64(63)67-60)36-54(61)55-37-42(31-34-62(55)68)43-29-32-51-50-23-10-13-28-58(50)65(59(51)38-43)56-26-11-8-21-48(56)49-22-9-12-27-57(49)65/h1-39H. The van der Waals surface area contributed by atoms with Gasteiger partial charge in [-0.3, -0.25) is 4.98 Å². The summed E-state index contributed by atoms with van der Waals surface area (Å²) in [4.78, 5) is 10.4. The van der Waals surface area contributed by atoms with Crippen LogP contribution in [0.3, 0.4) is 0 Å². The molecule has 2 aliphatic rings. The molecule has 0 radical (unpaired) electrons. The molecule has 314 valence electrons. The molecular weight excluding hydrogens is 823 g/mol. The Morgan fingerprint density at radius 2 is 0.779 bits per heavy atom. The summed E-state index contributed by atoms with van der Waals surface area (Å²) in [5.41, 5.74) is 22.2. The van der Waals surface area contributed by atoms with Crippen molar-refractivity contribution in [3.63, 3.8) is 0 Å². The second kappa shape index (κ2) is 14.0. The fraction of sp³-hybridized carbons (Fsp3) is 0.0154. The monoisotopic (exact) mass is 861 g/mol. The van der Waals surface area contributed by atoms with Gasteiger partial charge in [-0.1, -0.05) is 182 Å². The van der Waals surface area contributed by atoms with Gasteiger partial charge in [0.2, 0.25) is 0 Å². The van der Waals surface area contributed by atoms with Gasteiger partial charge < -0.3 is 4.57 Å². The zero-order valence-corrected chi connectivity index (χ0v) is 36.9. The minimum absolute atomic E-state index is 0.396. The van der Waals surface area contributed by atoms with Crippen molar-refractivity contribution in [2.75, 3.05) is 0 Å². The molecule has 0 N–H and O–H groups in total. The molecule has 0 bridgehead atoms. The molecule has 15 rings (SSSR count). The van der Waals surface area contributed by atoms with E-state index in [4.69, 9.17) is 9.97 Å². The van der Waals surface area contributed by atoms with Crippen LogP contribution >= 0.6 is 0 Å². The smallest absolute Gasteiger partial charge is 0.0979 e. The number of aromatic nitrogens is 3. The highest BCUT2D eigenvalue weighted by Gasteiger charge is 2.51. The average Bonchev–Trinajstić information content (AvgIpc) is 4.02. The molecule has 13 aromatic rings. The Balaban J connectivity index is 0.895. The maximum Gasteiger partial charge on any atom is 0.0979 e. The van der Waals surface area contributed by atoms with Crippen LogP contribution in [0.15, 0.2) is 237 Å². The number of benzene rings is 11. The van der Waals surface area contributed by atoms with Gasteiger partial charge in [0.05, 0.1) is 39.4 Å². The van der Waals surface area contributed by atoms with Gasteiger partial charge in [-0.2, -0.15) is 0 Å². The molecule has 2 aliphatic carbocycles. The van der Waals surface area contributed by atoms with Gasteiger partial charge in [-0.15, -0.1) is 0 Å². The Morgan fingerprint density at radius 3 is 1.40 bits per heavy atom. The van der Waals surface area contributed by atoms with E-state index < -0.39 is 5.41 Å². The molecule has 1 spiro atoms. The van der Waals surface area contributed by atoms with Gasteiger partial charge in [-0.05, 0) is 126 Å². The van der Waals surface area contributed by atoms with Gasteiger partial charge in [0.15, 0.2) is 0 Å². The molecule has 0 aliphatic heterocycles. The first-order valence-electron chi connectivity index (χ1n) is 23.5. The Kier molecular flexibility index (Phi) is 7.71. The third kappa shape index (κ3) is 5.07. The van der Waals surface area contributed by atoms with Crippen molar-refractivity contribution in [2.45, 2.75) is 5.41 Å². The molecule has 2 aromatic heterocycles. The molecule has 68 heavy (non-hydrogen) atoms. The quantitative estimate of drug-likeness (QED) is 0.165. The Morgan fingerprint density at radius 1 is 0.309 bits per heavy atom. The highest BCUT2D eigenvalue weighted by molar-refractivity contribution is 6.23.